The number of aliphatic hydroxyl groups excluding tert-OH is 1. The van der Waals surface area contributed by atoms with Crippen LogP contribution in [-0.2, 0) is 14.4 Å². The minimum Gasteiger partial charge on any atom is -0.425 e. The van der Waals surface area contributed by atoms with Gasteiger partial charge in [0.05, 0.1) is 0 Å². The predicted octanol–water partition coefficient (Wildman–Crippen LogP) is 1.88. The topological polar surface area (TPSA) is 76.1 Å². The van der Waals surface area contributed by atoms with Crippen molar-refractivity contribution < 1.29 is 24.3 Å². The molecule has 106 valence electrons. The number of ether oxygens (including phenoxy) is 1. The zero-order chi connectivity index (χ0) is 13.7. The minimum atomic E-state index is -1.06. The molecule has 6 nitrogen and oxygen atoms in total. The lowest BCUT2D eigenvalue weighted by atomic mass is 10.0. The molecule has 2 unspecified atom stereocenters. The molecule has 0 aromatic heterocycles. The number of aliphatic hydroxyl groups is 1. The summed E-state index contributed by atoms with van der Waals surface area (Å²) in [5.41, 5.74) is 0. The highest BCUT2D eigenvalue weighted by Gasteiger charge is 2.33. The SMILES string of the molecule is O=C(OC1/C=C\CCCCC1)ON1C(=O)CCC1O. The van der Waals surface area contributed by atoms with Crippen molar-refractivity contribution in [2.75, 3.05) is 0 Å². The first-order valence-corrected chi connectivity index (χ1v) is 6.72. The normalized spacial score (nSPS) is 29.5. The zero-order valence-corrected chi connectivity index (χ0v) is 10.8. The lowest BCUT2D eigenvalue weighted by molar-refractivity contribution is -0.200. The summed E-state index contributed by atoms with van der Waals surface area (Å²) in [4.78, 5) is 27.7. The third-order valence-electron chi connectivity index (χ3n) is 3.26. The summed E-state index contributed by atoms with van der Waals surface area (Å²) in [5, 5.41) is 10.1. The van der Waals surface area contributed by atoms with Crippen LogP contribution < -0.4 is 0 Å². The van der Waals surface area contributed by atoms with Gasteiger partial charge in [-0.15, -0.1) is 5.06 Å². The van der Waals surface area contributed by atoms with Gasteiger partial charge in [0.25, 0.3) is 5.91 Å². The van der Waals surface area contributed by atoms with Gasteiger partial charge in [0.1, 0.15) is 6.10 Å². The first kappa shape index (κ1) is 13.9. The van der Waals surface area contributed by atoms with Crippen LogP contribution in [0.3, 0.4) is 0 Å². The Bertz CT molecular complexity index is 368. The van der Waals surface area contributed by atoms with E-state index < -0.39 is 18.3 Å². The number of hydrogen-bond donors (Lipinski definition) is 1. The standard InChI is InChI=1S/C13H19NO5/c15-11-8-9-12(16)14(11)19-13(17)18-10-6-4-2-1-3-5-7-10/h4,6,10-11,15H,1-3,5,7-9H2/b6-4-. The van der Waals surface area contributed by atoms with E-state index in [-0.39, 0.29) is 18.9 Å². The van der Waals surface area contributed by atoms with E-state index in [1.54, 1.807) is 0 Å². The maximum atomic E-state index is 11.6. The Labute approximate surface area is 111 Å². The van der Waals surface area contributed by atoms with Crippen molar-refractivity contribution in [1.82, 2.24) is 5.06 Å². The van der Waals surface area contributed by atoms with E-state index in [0.29, 0.717) is 5.06 Å². The van der Waals surface area contributed by atoms with Gasteiger partial charge in [0, 0.05) is 12.8 Å². The Morgan fingerprint density at radius 3 is 2.89 bits per heavy atom. The summed E-state index contributed by atoms with van der Waals surface area (Å²) >= 11 is 0. The third-order valence-corrected chi connectivity index (χ3v) is 3.26. The molecule has 1 heterocycles. The summed E-state index contributed by atoms with van der Waals surface area (Å²) in [6, 6.07) is 0. The van der Waals surface area contributed by atoms with Crippen molar-refractivity contribution in [1.29, 1.82) is 0 Å². The molecular formula is C13H19NO5. The summed E-state index contributed by atoms with van der Waals surface area (Å²) in [5.74, 6) is -0.405. The van der Waals surface area contributed by atoms with Crippen LogP contribution in [0.5, 0.6) is 0 Å². The van der Waals surface area contributed by atoms with Crippen LogP contribution in [0.2, 0.25) is 0 Å². The molecule has 6 heteroatoms. The van der Waals surface area contributed by atoms with E-state index in [4.69, 9.17) is 9.57 Å². The van der Waals surface area contributed by atoms with Crippen molar-refractivity contribution in [3.05, 3.63) is 12.2 Å². The van der Waals surface area contributed by atoms with Crippen LogP contribution in [0.15, 0.2) is 12.2 Å². The number of hydroxylamine groups is 2. The van der Waals surface area contributed by atoms with E-state index in [1.807, 2.05) is 12.2 Å². The highest BCUT2D eigenvalue weighted by molar-refractivity contribution is 5.78. The Morgan fingerprint density at radius 2 is 2.16 bits per heavy atom. The molecule has 0 aromatic carbocycles. The Kier molecular flexibility index (Phi) is 4.79. The van der Waals surface area contributed by atoms with E-state index in [9.17, 15) is 14.7 Å². The van der Waals surface area contributed by atoms with Crippen molar-refractivity contribution in [2.45, 2.75) is 57.3 Å². The molecule has 1 N–H and O–H groups in total. The molecule has 0 bridgehead atoms. The molecule has 19 heavy (non-hydrogen) atoms. The smallest absolute Gasteiger partial charge is 0.425 e. The Morgan fingerprint density at radius 1 is 1.32 bits per heavy atom. The lowest BCUT2D eigenvalue weighted by Gasteiger charge is -2.20. The summed E-state index contributed by atoms with van der Waals surface area (Å²) in [6.45, 7) is 0. The largest absolute Gasteiger partial charge is 0.534 e. The fourth-order valence-corrected chi connectivity index (χ4v) is 2.21. The van der Waals surface area contributed by atoms with E-state index in [1.165, 1.54) is 0 Å². The van der Waals surface area contributed by atoms with Gasteiger partial charge in [-0.1, -0.05) is 12.5 Å². The van der Waals surface area contributed by atoms with Crippen molar-refractivity contribution in [3.63, 3.8) is 0 Å². The van der Waals surface area contributed by atoms with Crippen molar-refractivity contribution in [3.8, 4) is 0 Å². The highest BCUT2D eigenvalue weighted by Crippen LogP contribution is 2.19. The number of allylic oxidation sites excluding steroid dienone is 1. The van der Waals surface area contributed by atoms with Crippen LogP contribution in [-0.4, -0.2) is 34.6 Å². The second kappa shape index (κ2) is 6.56. The van der Waals surface area contributed by atoms with E-state index in [0.717, 1.165) is 32.1 Å². The molecule has 1 amide bonds. The van der Waals surface area contributed by atoms with Crippen molar-refractivity contribution >= 4 is 12.1 Å². The number of amides is 1. The predicted molar refractivity (Wildman–Crippen MR) is 65.7 cm³/mol. The summed E-state index contributed by atoms with van der Waals surface area (Å²) in [7, 11) is 0. The number of carbonyl (C=O) groups is 2. The van der Waals surface area contributed by atoms with Gasteiger partial charge in [-0.2, -0.15) is 0 Å². The quantitative estimate of drug-likeness (QED) is 0.612. The number of rotatable bonds is 2. The van der Waals surface area contributed by atoms with Gasteiger partial charge in [0.2, 0.25) is 0 Å². The molecule has 1 aliphatic heterocycles. The minimum absolute atomic E-state index is 0.178. The maximum Gasteiger partial charge on any atom is 0.534 e. The average molecular weight is 269 g/mol. The monoisotopic (exact) mass is 269 g/mol. The Hall–Kier alpha value is -1.56. The first-order valence-electron chi connectivity index (χ1n) is 6.72. The van der Waals surface area contributed by atoms with Gasteiger partial charge < -0.3 is 14.7 Å². The molecule has 0 saturated carbocycles. The van der Waals surface area contributed by atoms with Crippen LogP contribution in [0.4, 0.5) is 4.79 Å². The fourth-order valence-electron chi connectivity index (χ4n) is 2.21. The summed E-state index contributed by atoms with van der Waals surface area (Å²) in [6.07, 6.45) is 6.97. The number of carbonyl (C=O) groups excluding carboxylic acids is 2. The molecule has 0 spiro atoms. The molecule has 2 aliphatic rings. The lowest BCUT2D eigenvalue weighted by Crippen LogP contribution is -2.36. The molecule has 0 radical (unpaired) electrons. The molecule has 1 fully saturated rings. The number of hydrogen-bond acceptors (Lipinski definition) is 5. The van der Waals surface area contributed by atoms with Crippen LogP contribution in [0, 0.1) is 0 Å². The maximum absolute atomic E-state index is 11.6. The van der Waals surface area contributed by atoms with E-state index in [2.05, 4.69) is 0 Å². The zero-order valence-electron chi connectivity index (χ0n) is 10.8. The first-order chi connectivity index (χ1) is 9.16. The van der Waals surface area contributed by atoms with Gasteiger partial charge >= 0.3 is 6.16 Å². The van der Waals surface area contributed by atoms with Crippen LogP contribution in [0.25, 0.3) is 0 Å². The van der Waals surface area contributed by atoms with Gasteiger partial charge in [-0.25, -0.2) is 4.79 Å². The van der Waals surface area contributed by atoms with E-state index >= 15 is 0 Å². The Balaban J connectivity index is 1.83. The van der Waals surface area contributed by atoms with Crippen LogP contribution in [0.1, 0.15) is 44.9 Å². The van der Waals surface area contributed by atoms with Crippen LogP contribution >= 0.6 is 0 Å². The second-order valence-electron chi connectivity index (χ2n) is 4.80. The average Bonchev–Trinajstić information content (AvgIpc) is 2.64. The molecular weight excluding hydrogens is 250 g/mol. The molecule has 0 aromatic rings. The van der Waals surface area contributed by atoms with Gasteiger partial charge in [-0.3, -0.25) is 4.79 Å². The molecule has 1 aliphatic carbocycles. The summed E-state index contributed by atoms with van der Waals surface area (Å²) < 4.78 is 5.13. The fraction of sp³-hybridized carbons (Fsp3) is 0.692. The number of nitrogens with zero attached hydrogens (tertiary/aromatic N) is 1. The third kappa shape index (κ3) is 3.96. The molecule has 1 saturated heterocycles. The van der Waals surface area contributed by atoms with Gasteiger partial charge in [0.15, 0.2) is 6.23 Å². The highest BCUT2D eigenvalue weighted by atomic mass is 16.8. The molecule has 2 atom stereocenters. The van der Waals surface area contributed by atoms with Gasteiger partial charge in [-0.05, 0) is 31.8 Å². The second-order valence-corrected chi connectivity index (χ2v) is 4.80. The molecule has 2 rings (SSSR count). The van der Waals surface area contributed by atoms with Crippen molar-refractivity contribution in [2.24, 2.45) is 0 Å².